The third kappa shape index (κ3) is 3.82. The van der Waals surface area contributed by atoms with Crippen molar-refractivity contribution in [1.82, 2.24) is 30.4 Å². The molecular formula is C14H16N6O3. The number of rotatable bonds is 4. The summed E-state index contributed by atoms with van der Waals surface area (Å²) in [5.41, 5.74) is 0.790. The van der Waals surface area contributed by atoms with Crippen LogP contribution in [-0.4, -0.2) is 63.2 Å². The second-order valence-electron chi connectivity index (χ2n) is 5.06. The smallest absolute Gasteiger partial charge is 0.260 e. The third-order valence-electron chi connectivity index (χ3n) is 3.43. The lowest BCUT2D eigenvalue weighted by molar-refractivity contribution is -0.136. The van der Waals surface area contributed by atoms with E-state index in [0.717, 1.165) is 12.1 Å². The summed E-state index contributed by atoms with van der Waals surface area (Å²) in [5, 5.41) is 13.6. The van der Waals surface area contributed by atoms with Crippen molar-refractivity contribution < 1.29 is 14.3 Å². The molecule has 0 saturated carbocycles. The Morgan fingerprint density at radius 3 is 2.87 bits per heavy atom. The van der Waals surface area contributed by atoms with E-state index in [-0.39, 0.29) is 25.0 Å². The Morgan fingerprint density at radius 2 is 2.13 bits per heavy atom. The molecule has 2 aromatic rings. The van der Waals surface area contributed by atoms with Gasteiger partial charge >= 0.3 is 0 Å². The van der Waals surface area contributed by atoms with Gasteiger partial charge in [-0.2, -0.15) is 0 Å². The summed E-state index contributed by atoms with van der Waals surface area (Å²) >= 11 is 0. The van der Waals surface area contributed by atoms with Crippen molar-refractivity contribution in [3.63, 3.8) is 0 Å². The van der Waals surface area contributed by atoms with Crippen LogP contribution >= 0.6 is 0 Å². The summed E-state index contributed by atoms with van der Waals surface area (Å²) in [7, 11) is 0. The van der Waals surface area contributed by atoms with E-state index >= 15 is 0 Å². The van der Waals surface area contributed by atoms with Crippen molar-refractivity contribution in [3.05, 3.63) is 30.6 Å². The fourth-order valence-electron chi connectivity index (χ4n) is 2.23. The van der Waals surface area contributed by atoms with E-state index in [1.165, 1.54) is 15.9 Å². The van der Waals surface area contributed by atoms with Crippen LogP contribution in [0, 0.1) is 0 Å². The van der Waals surface area contributed by atoms with Crippen LogP contribution in [-0.2, 0) is 9.59 Å². The molecule has 3 rings (SSSR count). The molecular weight excluding hydrogens is 300 g/mol. The normalized spacial score (nSPS) is 15.0. The third-order valence-corrected chi connectivity index (χ3v) is 3.43. The summed E-state index contributed by atoms with van der Waals surface area (Å²) in [4.78, 5) is 25.1. The molecule has 9 nitrogen and oxygen atoms in total. The summed E-state index contributed by atoms with van der Waals surface area (Å²) < 4.78 is 7.00. The molecule has 0 radical (unpaired) electrons. The van der Waals surface area contributed by atoms with Gasteiger partial charge in [0.1, 0.15) is 12.1 Å². The van der Waals surface area contributed by atoms with Gasteiger partial charge in [0, 0.05) is 13.1 Å². The van der Waals surface area contributed by atoms with Gasteiger partial charge in [-0.25, -0.2) is 4.68 Å². The lowest BCUT2D eigenvalue weighted by Crippen LogP contribution is -2.39. The molecule has 9 heteroatoms. The van der Waals surface area contributed by atoms with Crippen LogP contribution in [0.1, 0.15) is 6.42 Å². The molecule has 1 aliphatic heterocycles. The first-order valence-electron chi connectivity index (χ1n) is 7.23. The minimum absolute atomic E-state index is 0.0838. The largest absolute Gasteiger partial charge is 0.484 e. The standard InChI is InChI=1S/C14H16N6O3/c21-13-8-19(7-1-6-15-13)14(22)9-23-12-4-2-11(3-5-12)20-10-16-17-18-20/h2-5,10H,1,6-9H2,(H,15,21). The molecule has 1 aromatic carbocycles. The van der Waals surface area contributed by atoms with Gasteiger partial charge in [-0.15, -0.1) is 5.10 Å². The van der Waals surface area contributed by atoms with E-state index in [9.17, 15) is 9.59 Å². The van der Waals surface area contributed by atoms with E-state index < -0.39 is 0 Å². The molecule has 1 saturated heterocycles. The Bertz CT molecular complexity index is 670. The number of benzene rings is 1. The highest BCUT2D eigenvalue weighted by Gasteiger charge is 2.19. The zero-order chi connectivity index (χ0) is 16.1. The minimum Gasteiger partial charge on any atom is -0.484 e. The molecule has 0 bridgehead atoms. The van der Waals surface area contributed by atoms with Crippen molar-refractivity contribution in [2.75, 3.05) is 26.2 Å². The van der Waals surface area contributed by atoms with Crippen LogP contribution in [0.25, 0.3) is 5.69 Å². The first kappa shape index (κ1) is 14.9. The van der Waals surface area contributed by atoms with Gasteiger partial charge in [0.05, 0.1) is 12.2 Å². The van der Waals surface area contributed by atoms with Crippen molar-refractivity contribution in [2.45, 2.75) is 6.42 Å². The number of aromatic nitrogens is 4. The Morgan fingerprint density at radius 1 is 1.30 bits per heavy atom. The maximum absolute atomic E-state index is 12.1. The quantitative estimate of drug-likeness (QED) is 0.807. The van der Waals surface area contributed by atoms with Gasteiger partial charge in [-0.05, 0) is 41.1 Å². The van der Waals surface area contributed by atoms with Crippen LogP contribution in [0.3, 0.4) is 0 Å². The van der Waals surface area contributed by atoms with Crippen molar-refractivity contribution in [2.24, 2.45) is 0 Å². The molecule has 23 heavy (non-hydrogen) atoms. The number of nitrogens with zero attached hydrogens (tertiary/aromatic N) is 5. The SMILES string of the molecule is O=C1CN(C(=O)COc2ccc(-n3cnnn3)cc2)CCCN1. The molecule has 1 aromatic heterocycles. The first-order chi connectivity index (χ1) is 11.2. The summed E-state index contributed by atoms with van der Waals surface area (Å²) in [6, 6.07) is 7.05. The maximum atomic E-state index is 12.1. The van der Waals surface area contributed by atoms with Crippen LogP contribution in [0.5, 0.6) is 5.75 Å². The number of amides is 2. The number of tetrazole rings is 1. The molecule has 0 spiro atoms. The van der Waals surface area contributed by atoms with Crippen LogP contribution in [0.4, 0.5) is 0 Å². The number of hydrogen-bond donors (Lipinski definition) is 1. The first-order valence-corrected chi connectivity index (χ1v) is 7.23. The minimum atomic E-state index is -0.202. The average molecular weight is 316 g/mol. The Hall–Kier alpha value is -2.97. The van der Waals surface area contributed by atoms with Gasteiger partial charge in [0.2, 0.25) is 5.91 Å². The zero-order valence-electron chi connectivity index (χ0n) is 12.4. The fourth-order valence-corrected chi connectivity index (χ4v) is 2.23. The second-order valence-corrected chi connectivity index (χ2v) is 5.06. The summed E-state index contributed by atoms with van der Waals surface area (Å²) in [6.07, 6.45) is 2.24. The number of hydrogen-bond acceptors (Lipinski definition) is 6. The highest BCUT2D eigenvalue weighted by atomic mass is 16.5. The van der Waals surface area contributed by atoms with E-state index in [4.69, 9.17) is 4.74 Å². The average Bonchev–Trinajstić information content (AvgIpc) is 3.02. The van der Waals surface area contributed by atoms with Gasteiger partial charge in [0.25, 0.3) is 5.91 Å². The van der Waals surface area contributed by atoms with Crippen molar-refractivity contribution >= 4 is 11.8 Å². The highest BCUT2D eigenvalue weighted by molar-refractivity contribution is 5.85. The van der Waals surface area contributed by atoms with Crippen molar-refractivity contribution in [1.29, 1.82) is 0 Å². The number of carbonyl (C=O) groups is 2. The fraction of sp³-hybridized carbons (Fsp3) is 0.357. The lowest BCUT2D eigenvalue weighted by Gasteiger charge is -2.19. The molecule has 1 N–H and O–H groups in total. The highest BCUT2D eigenvalue weighted by Crippen LogP contribution is 2.14. The molecule has 0 atom stereocenters. The topological polar surface area (TPSA) is 102 Å². The number of ether oxygens (including phenoxy) is 1. The van der Waals surface area contributed by atoms with Crippen LogP contribution < -0.4 is 10.1 Å². The molecule has 2 heterocycles. The van der Waals surface area contributed by atoms with Gasteiger partial charge in [-0.3, -0.25) is 9.59 Å². The predicted octanol–water partition coefficient (Wildman–Crippen LogP) is -0.610. The van der Waals surface area contributed by atoms with Crippen LogP contribution in [0.2, 0.25) is 0 Å². The maximum Gasteiger partial charge on any atom is 0.260 e. The van der Waals surface area contributed by atoms with Crippen LogP contribution in [0.15, 0.2) is 30.6 Å². The summed E-state index contributed by atoms with van der Waals surface area (Å²) in [5.74, 6) is 0.225. The molecule has 1 aliphatic rings. The van der Waals surface area contributed by atoms with E-state index in [1.807, 2.05) is 0 Å². The van der Waals surface area contributed by atoms with Gasteiger partial charge < -0.3 is 15.0 Å². The monoisotopic (exact) mass is 316 g/mol. The molecule has 2 amide bonds. The van der Waals surface area contributed by atoms with Gasteiger partial charge in [0.15, 0.2) is 6.61 Å². The zero-order valence-corrected chi connectivity index (χ0v) is 12.4. The molecule has 0 unspecified atom stereocenters. The Balaban J connectivity index is 1.55. The molecule has 120 valence electrons. The van der Waals surface area contributed by atoms with E-state index in [0.29, 0.717) is 18.8 Å². The van der Waals surface area contributed by atoms with E-state index in [2.05, 4.69) is 20.8 Å². The molecule has 1 fully saturated rings. The van der Waals surface area contributed by atoms with E-state index in [1.54, 1.807) is 24.3 Å². The Labute approximate surface area is 132 Å². The van der Waals surface area contributed by atoms with Crippen molar-refractivity contribution in [3.8, 4) is 11.4 Å². The number of carbonyl (C=O) groups excluding carboxylic acids is 2. The summed E-state index contributed by atoms with van der Waals surface area (Å²) in [6.45, 7) is 1.14. The lowest BCUT2D eigenvalue weighted by atomic mass is 10.3. The molecule has 0 aliphatic carbocycles. The second kappa shape index (κ2) is 6.86. The van der Waals surface area contributed by atoms with Gasteiger partial charge in [-0.1, -0.05) is 0 Å². The Kier molecular flexibility index (Phi) is 4.46. The number of nitrogens with one attached hydrogen (secondary N) is 1. The predicted molar refractivity (Wildman–Crippen MR) is 78.9 cm³/mol.